The molecule has 1 aliphatic rings. The molecule has 0 fully saturated rings. The Bertz CT molecular complexity index is 473. The number of H-pyrrole nitrogens is 1. The molecule has 1 aromatic rings. The maximum atomic E-state index is 11.1. The van der Waals surface area contributed by atoms with Crippen molar-refractivity contribution in [2.24, 2.45) is 5.73 Å². The average molecular weight is 282 g/mol. The van der Waals surface area contributed by atoms with Gasteiger partial charge in [0.05, 0.1) is 6.20 Å². The summed E-state index contributed by atoms with van der Waals surface area (Å²) in [4.78, 5) is 20.0. The van der Waals surface area contributed by atoms with E-state index in [4.69, 9.17) is 20.4 Å². The van der Waals surface area contributed by atoms with Crippen molar-refractivity contribution < 1.29 is 32.6 Å². The third-order valence-electron chi connectivity index (χ3n) is 1.85. The number of carbonyl (C=O) groups is 2. The van der Waals surface area contributed by atoms with E-state index in [-0.39, 0.29) is 12.5 Å². The minimum Gasteiger partial charge on any atom is -0.475 e. The molecule has 5 N–H and O–H groups in total. The number of halogens is 3. The lowest BCUT2D eigenvalue weighted by molar-refractivity contribution is -0.192. The van der Waals surface area contributed by atoms with Gasteiger partial charge >= 0.3 is 12.1 Å². The van der Waals surface area contributed by atoms with E-state index in [1.54, 1.807) is 0 Å². The molecule has 2 rings (SSSR count). The van der Waals surface area contributed by atoms with E-state index in [1.807, 2.05) is 0 Å². The number of hydrogen-bond acceptors (Lipinski definition) is 5. The molecule has 19 heavy (non-hydrogen) atoms. The zero-order chi connectivity index (χ0) is 14.6. The molecule has 11 heteroatoms. The fraction of sp³-hybridized carbons (Fsp3) is 0.375. The fourth-order valence-corrected chi connectivity index (χ4v) is 0.948. The van der Waals surface area contributed by atoms with E-state index in [2.05, 4.69) is 15.5 Å². The van der Waals surface area contributed by atoms with Gasteiger partial charge in [-0.05, 0) is 0 Å². The van der Waals surface area contributed by atoms with E-state index < -0.39 is 18.2 Å². The first-order valence-electron chi connectivity index (χ1n) is 4.74. The van der Waals surface area contributed by atoms with Crippen LogP contribution in [0.15, 0.2) is 6.20 Å². The minimum absolute atomic E-state index is 0.168. The number of carboxylic acids is 1. The van der Waals surface area contributed by atoms with Gasteiger partial charge in [0, 0.05) is 0 Å². The molecule has 1 atom stereocenters. The minimum atomic E-state index is -5.08. The average Bonchev–Trinajstić information content (AvgIpc) is 2.67. The maximum Gasteiger partial charge on any atom is 0.490 e. The number of aliphatic carboxylic acids is 1. The Balaban J connectivity index is 0.000000224. The van der Waals surface area contributed by atoms with Crippen LogP contribution >= 0.6 is 0 Å². The highest BCUT2D eigenvalue weighted by atomic mass is 19.4. The zero-order valence-electron chi connectivity index (χ0n) is 9.19. The molecule has 2 heterocycles. The number of nitrogens with one attached hydrogen (secondary N) is 2. The maximum absolute atomic E-state index is 11.1. The Kier molecular flexibility index (Phi) is 4.32. The monoisotopic (exact) mass is 282 g/mol. The largest absolute Gasteiger partial charge is 0.490 e. The van der Waals surface area contributed by atoms with E-state index in [1.165, 1.54) is 6.20 Å². The molecule has 0 spiro atoms. The van der Waals surface area contributed by atoms with Crippen LogP contribution in [0.4, 0.5) is 18.9 Å². The summed E-state index contributed by atoms with van der Waals surface area (Å²) in [6.07, 6.45) is -3.61. The number of carbonyl (C=O) groups excluding carboxylic acids is 1. The van der Waals surface area contributed by atoms with E-state index >= 15 is 0 Å². The lowest BCUT2D eigenvalue weighted by atomic mass is 10.3. The molecule has 0 saturated heterocycles. The van der Waals surface area contributed by atoms with Crippen LogP contribution in [0.5, 0.6) is 5.88 Å². The number of rotatable bonds is 0. The predicted octanol–water partition coefficient (Wildman–Crippen LogP) is -0.299. The van der Waals surface area contributed by atoms with Gasteiger partial charge in [0.2, 0.25) is 11.8 Å². The van der Waals surface area contributed by atoms with Gasteiger partial charge in [0.1, 0.15) is 18.3 Å². The second-order valence-electron chi connectivity index (χ2n) is 3.32. The Morgan fingerprint density at radius 2 is 2.16 bits per heavy atom. The summed E-state index contributed by atoms with van der Waals surface area (Å²) >= 11 is 0. The van der Waals surface area contributed by atoms with Gasteiger partial charge in [-0.15, -0.1) is 0 Å². The number of alkyl halides is 3. The van der Waals surface area contributed by atoms with E-state index in [0.29, 0.717) is 11.6 Å². The van der Waals surface area contributed by atoms with Gasteiger partial charge < -0.3 is 20.9 Å². The molecular weight excluding hydrogens is 273 g/mol. The lowest BCUT2D eigenvalue weighted by Crippen LogP contribution is -2.38. The summed E-state index contributed by atoms with van der Waals surface area (Å²) in [6.45, 7) is 0.168. The third kappa shape index (κ3) is 4.13. The Hall–Kier alpha value is -2.30. The second-order valence-corrected chi connectivity index (χ2v) is 3.32. The Labute approximate surface area is 103 Å². The molecule has 1 aromatic heterocycles. The summed E-state index contributed by atoms with van der Waals surface area (Å²) in [7, 11) is 0. The van der Waals surface area contributed by atoms with Crippen LogP contribution in [0.2, 0.25) is 0 Å². The highest BCUT2D eigenvalue weighted by Crippen LogP contribution is 2.22. The molecular formula is C8H9F3N4O4. The van der Waals surface area contributed by atoms with Crippen LogP contribution in [0.3, 0.4) is 0 Å². The lowest BCUT2D eigenvalue weighted by Gasteiger charge is -2.04. The smallest absolute Gasteiger partial charge is 0.475 e. The molecule has 8 nitrogen and oxygen atoms in total. The van der Waals surface area contributed by atoms with E-state index in [9.17, 15) is 18.0 Å². The summed E-state index contributed by atoms with van der Waals surface area (Å²) in [5, 5.41) is 16.0. The number of carboxylic acid groups (broad SMARTS) is 1. The van der Waals surface area contributed by atoms with Crippen molar-refractivity contribution in [1.82, 2.24) is 10.2 Å². The molecule has 0 aliphatic carbocycles. The number of fused-ring (bicyclic) bond motifs is 1. The predicted molar refractivity (Wildman–Crippen MR) is 54.4 cm³/mol. The summed E-state index contributed by atoms with van der Waals surface area (Å²) in [6, 6.07) is -0.620. The number of amides is 1. The Morgan fingerprint density at radius 3 is 2.68 bits per heavy atom. The number of aromatic nitrogens is 2. The highest BCUT2D eigenvalue weighted by molar-refractivity contribution is 5.96. The second kappa shape index (κ2) is 5.56. The van der Waals surface area contributed by atoms with Crippen molar-refractivity contribution >= 4 is 17.6 Å². The third-order valence-corrected chi connectivity index (χ3v) is 1.85. The van der Waals surface area contributed by atoms with Crippen LogP contribution in [0.1, 0.15) is 0 Å². The first-order chi connectivity index (χ1) is 8.71. The van der Waals surface area contributed by atoms with Crippen molar-refractivity contribution in [2.45, 2.75) is 12.2 Å². The number of ether oxygens (including phenoxy) is 1. The summed E-state index contributed by atoms with van der Waals surface area (Å²) in [5.74, 6) is -2.56. The van der Waals surface area contributed by atoms with Gasteiger partial charge in [-0.25, -0.2) is 9.89 Å². The fourth-order valence-electron chi connectivity index (χ4n) is 0.948. The van der Waals surface area contributed by atoms with Crippen LogP contribution in [-0.2, 0) is 9.59 Å². The standard InChI is InChI=1S/C6H8N4O2.C2HF3O2/c7-3-2-12-6-4(1-8-10-6)9-5(3)11;3-2(4,5)1(6)7/h1,3H,2,7H2,(H,8,10)(H,9,11);(H,6,7)/t3-;/m0./s1. The van der Waals surface area contributed by atoms with Crippen LogP contribution in [0, 0.1) is 0 Å². The molecule has 0 saturated carbocycles. The summed E-state index contributed by atoms with van der Waals surface area (Å²) < 4.78 is 36.9. The topological polar surface area (TPSA) is 130 Å². The van der Waals surface area contributed by atoms with Crippen molar-refractivity contribution in [1.29, 1.82) is 0 Å². The van der Waals surface area contributed by atoms with Gasteiger partial charge in [-0.3, -0.25) is 4.79 Å². The summed E-state index contributed by atoms with van der Waals surface area (Å²) in [5.41, 5.74) is 5.98. The number of aromatic amines is 1. The molecule has 0 bridgehead atoms. The molecule has 1 aliphatic heterocycles. The van der Waals surface area contributed by atoms with Gasteiger partial charge in [0.15, 0.2) is 0 Å². The normalized spacial score (nSPS) is 18.1. The molecule has 0 unspecified atom stereocenters. The number of anilines is 1. The molecule has 0 aromatic carbocycles. The molecule has 1 amide bonds. The Morgan fingerprint density at radius 1 is 1.58 bits per heavy atom. The quantitative estimate of drug-likeness (QED) is 0.517. The number of nitrogens with two attached hydrogens (primary N) is 1. The van der Waals surface area contributed by atoms with Crippen molar-refractivity contribution in [3.05, 3.63) is 6.20 Å². The first-order valence-corrected chi connectivity index (χ1v) is 4.74. The zero-order valence-corrected chi connectivity index (χ0v) is 9.19. The van der Waals surface area contributed by atoms with Gasteiger partial charge in [0.25, 0.3) is 0 Å². The van der Waals surface area contributed by atoms with Gasteiger partial charge in [-0.2, -0.15) is 18.3 Å². The molecule has 106 valence electrons. The highest BCUT2D eigenvalue weighted by Gasteiger charge is 2.38. The van der Waals surface area contributed by atoms with Crippen LogP contribution in [0.25, 0.3) is 0 Å². The first kappa shape index (κ1) is 14.8. The molecule has 0 radical (unpaired) electrons. The van der Waals surface area contributed by atoms with Gasteiger partial charge in [-0.1, -0.05) is 0 Å². The van der Waals surface area contributed by atoms with Crippen molar-refractivity contribution in [3.8, 4) is 5.88 Å². The van der Waals surface area contributed by atoms with Crippen molar-refractivity contribution in [2.75, 3.05) is 11.9 Å². The number of hydrogen-bond donors (Lipinski definition) is 4. The number of nitrogens with zero attached hydrogens (tertiary/aromatic N) is 1. The van der Waals surface area contributed by atoms with Crippen LogP contribution in [-0.4, -0.2) is 46.0 Å². The van der Waals surface area contributed by atoms with Crippen molar-refractivity contribution in [3.63, 3.8) is 0 Å². The SMILES string of the molecule is N[C@H]1COc2[nH]ncc2NC1=O.O=C(O)C(F)(F)F. The van der Waals surface area contributed by atoms with E-state index in [0.717, 1.165) is 0 Å². The van der Waals surface area contributed by atoms with Crippen LogP contribution < -0.4 is 15.8 Å².